The fourth-order valence-corrected chi connectivity index (χ4v) is 4.03. The van der Waals surface area contributed by atoms with E-state index in [0.29, 0.717) is 28.4 Å². The molecular weight excluding hydrogens is 580 g/mol. The van der Waals surface area contributed by atoms with Crippen molar-refractivity contribution in [3.05, 3.63) is 84.4 Å². The molecule has 0 radical (unpaired) electrons. The third-order valence-corrected chi connectivity index (χ3v) is 6.18. The quantitative estimate of drug-likeness (QED) is 0.291. The van der Waals surface area contributed by atoms with Gasteiger partial charge >= 0.3 is 18.0 Å². The lowest BCUT2D eigenvalue weighted by molar-refractivity contribution is -0.153. The summed E-state index contributed by atoms with van der Waals surface area (Å²) in [4.78, 5) is 65.6. The first-order valence-corrected chi connectivity index (χ1v) is 14.1. The van der Waals surface area contributed by atoms with Crippen molar-refractivity contribution in [2.45, 2.75) is 32.8 Å². The van der Waals surface area contributed by atoms with Crippen LogP contribution in [0.5, 0.6) is 5.75 Å². The number of amides is 4. The molecule has 0 bridgehead atoms. The van der Waals surface area contributed by atoms with E-state index in [1.807, 2.05) is 18.2 Å². The number of nitrogens with zero attached hydrogens (tertiary/aromatic N) is 2. The summed E-state index contributed by atoms with van der Waals surface area (Å²) in [7, 11) is 2.93. The minimum absolute atomic E-state index is 0.0341. The Kier molecular flexibility index (Phi) is 12.0. The van der Waals surface area contributed by atoms with Crippen LogP contribution in [-0.2, 0) is 35.1 Å². The van der Waals surface area contributed by atoms with Gasteiger partial charge in [-0.15, -0.1) is 0 Å². The van der Waals surface area contributed by atoms with Gasteiger partial charge in [-0.25, -0.2) is 4.79 Å². The van der Waals surface area contributed by atoms with Gasteiger partial charge in [0.05, 0.1) is 20.1 Å². The fraction of sp³-hybridized carbons (Fsp3) is 0.303. The summed E-state index contributed by atoms with van der Waals surface area (Å²) >= 11 is 0. The van der Waals surface area contributed by atoms with Gasteiger partial charge in [-0.3, -0.25) is 24.1 Å². The number of ether oxygens (including phenoxy) is 3. The largest absolute Gasteiger partial charge is 0.484 e. The number of hydrogen-bond donors (Lipinski definition) is 2. The summed E-state index contributed by atoms with van der Waals surface area (Å²) in [6.07, 6.45) is 0.0341. The fourth-order valence-electron chi connectivity index (χ4n) is 4.03. The van der Waals surface area contributed by atoms with Crippen molar-refractivity contribution in [3.8, 4) is 5.75 Å². The average Bonchev–Trinajstić information content (AvgIpc) is 3.00. The zero-order valence-corrected chi connectivity index (χ0v) is 26.0. The molecule has 12 nitrogen and oxygen atoms in total. The van der Waals surface area contributed by atoms with Crippen LogP contribution in [0.2, 0.25) is 0 Å². The van der Waals surface area contributed by atoms with E-state index in [4.69, 9.17) is 9.47 Å². The van der Waals surface area contributed by atoms with Gasteiger partial charge in [-0.05, 0) is 62.7 Å². The molecule has 3 aromatic rings. The van der Waals surface area contributed by atoms with E-state index in [0.717, 1.165) is 4.90 Å². The molecule has 3 aromatic carbocycles. The number of benzene rings is 3. The van der Waals surface area contributed by atoms with E-state index >= 15 is 0 Å². The van der Waals surface area contributed by atoms with Gasteiger partial charge in [0.15, 0.2) is 6.61 Å². The Hall–Kier alpha value is -5.39. The first-order chi connectivity index (χ1) is 21.3. The molecule has 0 heterocycles. The number of likely N-dealkylation sites (N-methyl/N-ethyl adjacent to an activating group) is 1. The summed E-state index contributed by atoms with van der Waals surface area (Å²) in [5.74, 6) is -1.68. The highest BCUT2D eigenvalue weighted by atomic mass is 16.6. The molecule has 0 aliphatic heterocycles. The SMILES string of the molecule is COC(=O)Cc1cccc(NC(=O)NCC(=O)N(CC(=O)OC(C)(C)C)c2cccc(OCC(=O)N(C)c3ccccc3)c2)c1. The predicted molar refractivity (Wildman–Crippen MR) is 169 cm³/mol. The maximum absolute atomic E-state index is 13.4. The van der Waals surface area contributed by atoms with Gasteiger partial charge in [0, 0.05) is 30.2 Å². The van der Waals surface area contributed by atoms with E-state index < -0.39 is 42.6 Å². The Morgan fingerprint density at radius 2 is 1.49 bits per heavy atom. The van der Waals surface area contributed by atoms with Gasteiger partial charge in [-0.2, -0.15) is 0 Å². The molecule has 45 heavy (non-hydrogen) atoms. The molecule has 0 aliphatic rings. The van der Waals surface area contributed by atoms with Crippen molar-refractivity contribution in [2.75, 3.05) is 49.0 Å². The van der Waals surface area contributed by atoms with Crippen LogP contribution in [0.1, 0.15) is 26.3 Å². The summed E-state index contributed by atoms with van der Waals surface area (Å²) in [6.45, 7) is 3.97. The maximum Gasteiger partial charge on any atom is 0.326 e. The lowest BCUT2D eigenvalue weighted by Gasteiger charge is -2.26. The number of urea groups is 1. The van der Waals surface area contributed by atoms with Gasteiger partial charge in [-0.1, -0.05) is 36.4 Å². The molecule has 0 fully saturated rings. The summed E-state index contributed by atoms with van der Waals surface area (Å²) in [5, 5.41) is 5.11. The first kappa shape index (κ1) is 34.1. The lowest BCUT2D eigenvalue weighted by atomic mass is 10.1. The number of para-hydroxylation sites is 1. The van der Waals surface area contributed by atoms with Crippen molar-refractivity contribution < 1.29 is 38.2 Å². The van der Waals surface area contributed by atoms with Crippen LogP contribution in [-0.4, -0.2) is 69.2 Å². The molecular formula is C33H38N4O8. The summed E-state index contributed by atoms with van der Waals surface area (Å²) in [6, 6.07) is 21.4. The van der Waals surface area contributed by atoms with Gasteiger partial charge in [0.25, 0.3) is 5.91 Å². The number of methoxy groups -OCH3 is 1. The zero-order valence-electron chi connectivity index (χ0n) is 26.0. The predicted octanol–water partition coefficient (Wildman–Crippen LogP) is 3.94. The smallest absolute Gasteiger partial charge is 0.326 e. The van der Waals surface area contributed by atoms with E-state index in [9.17, 15) is 24.0 Å². The number of anilines is 3. The van der Waals surface area contributed by atoms with Crippen molar-refractivity contribution in [3.63, 3.8) is 0 Å². The normalized spacial score (nSPS) is 10.7. The number of rotatable bonds is 12. The topological polar surface area (TPSA) is 144 Å². The Labute approximate surface area is 262 Å². The van der Waals surface area contributed by atoms with Crippen LogP contribution in [0.25, 0.3) is 0 Å². The Bertz CT molecular complexity index is 1500. The number of hydrogen-bond acceptors (Lipinski definition) is 8. The Balaban J connectivity index is 1.69. The van der Waals surface area contributed by atoms with Gasteiger partial charge in [0.2, 0.25) is 5.91 Å². The van der Waals surface area contributed by atoms with Crippen LogP contribution in [0, 0.1) is 0 Å². The minimum atomic E-state index is -0.789. The molecule has 3 rings (SSSR count). The van der Waals surface area contributed by atoms with Crippen LogP contribution < -0.4 is 25.2 Å². The lowest BCUT2D eigenvalue weighted by Crippen LogP contribution is -2.45. The Morgan fingerprint density at radius 1 is 0.800 bits per heavy atom. The zero-order chi connectivity index (χ0) is 33.0. The third kappa shape index (κ3) is 11.3. The maximum atomic E-state index is 13.4. The third-order valence-electron chi connectivity index (χ3n) is 6.18. The molecule has 4 amide bonds. The van der Waals surface area contributed by atoms with Crippen molar-refractivity contribution in [2.24, 2.45) is 0 Å². The number of nitrogens with one attached hydrogen (secondary N) is 2. The standard InChI is InChI=1S/C33H38N4O8/c1-33(2,3)45-31(41)21-37(28(38)20-34-32(42)35-24-12-9-11-23(17-24)18-30(40)43-5)26-15-10-16-27(19-26)44-22-29(39)36(4)25-13-7-6-8-14-25/h6-17,19H,18,20-22H2,1-5H3,(H2,34,35,42). The molecule has 12 heteroatoms. The van der Waals surface area contributed by atoms with E-state index in [-0.39, 0.29) is 18.9 Å². The molecule has 0 aromatic heterocycles. The van der Waals surface area contributed by atoms with E-state index in [2.05, 4.69) is 15.4 Å². The molecule has 0 aliphatic carbocycles. The molecule has 0 spiro atoms. The van der Waals surface area contributed by atoms with Crippen LogP contribution in [0.3, 0.4) is 0 Å². The number of carbonyl (C=O) groups excluding carboxylic acids is 5. The minimum Gasteiger partial charge on any atom is -0.484 e. The van der Waals surface area contributed by atoms with Crippen LogP contribution in [0.15, 0.2) is 78.9 Å². The second-order valence-electron chi connectivity index (χ2n) is 10.9. The van der Waals surface area contributed by atoms with E-state index in [1.54, 1.807) is 82.4 Å². The monoisotopic (exact) mass is 618 g/mol. The van der Waals surface area contributed by atoms with Crippen molar-refractivity contribution in [1.29, 1.82) is 0 Å². The molecule has 2 N–H and O–H groups in total. The molecule has 0 saturated heterocycles. The number of carbonyl (C=O) groups is 5. The van der Waals surface area contributed by atoms with Crippen molar-refractivity contribution in [1.82, 2.24) is 5.32 Å². The highest BCUT2D eigenvalue weighted by Crippen LogP contribution is 2.23. The molecule has 0 unspecified atom stereocenters. The van der Waals surface area contributed by atoms with Crippen LogP contribution >= 0.6 is 0 Å². The highest BCUT2D eigenvalue weighted by molar-refractivity contribution is 6.01. The van der Waals surface area contributed by atoms with Crippen LogP contribution in [0.4, 0.5) is 21.9 Å². The summed E-state index contributed by atoms with van der Waals surface area (Å²) in [5.41, 5.74) is 1.26. The second-order valence-corrected chi connectivity index (χ2v) is 10.9. The van der Waals surface area contributed by atoms with Gasteiger partial charge in [0.1, 0.15) is 17.9 Å². The average molecular weight is 619 g/mol. The summed E-state index contributed by atoms with van der Waals surface area (Å²) < 4.78 is 15.8. The second kappa shape index (κ2) is 15.9. The molecule has 0 atom stereocenters. The van der Waals surface area contributed by atoms with E-state index in [1.165, 1.54) is 18.1 Å². The molecule has 238 valence electrons. The van der Waals surface area contributed by atoms with Crippen molar-refractivity contribution >= 4 is 46.8 Å². The first-order valence-electron chi connectivity index (χ1n) is 14.1. The van der Waals surface area contributed by atoms with Gasteiger partial charge < -0.3 is 29.7 Å². The molecule has 0 saturated carbocycles. The number of esters is 2. The highest BCUT2D eigenvalue weighted by Gasteiger charge is 2.24. The Morgan fingerprint density at radius 3 is 2.18 bits per heavy atom.